The summed E-state index contributed by atoms with van der Waals surface area (Å²) >= 11 is 5.87. The summed E-state index contributed by atoms with van der Waals surface area (Å²) in [6.07, 6.45) is 0. The fourth-order valence-corrected chi connectivity index (χ4v) is 1.73. The first-order valence-electron chi connectivity index (χ1n) is 4.71. The van der Waals surface area contributed by atoms with Crippen LogP contribution < -0.4 is 0 Å². The number of fused-ring (bicyclic) bond motifs is 1. The lowest BCUT2D eigenvalue weighted by molar-refractivity contribution is 0.532. The molecule has 2 rings (SSSR count). The van der Waals surface area contributed by atoms with Gasteiger partial charge in [-0.05, 0) is 32.0 Å². The van der Waals surface area contributed by atoms with E-state index in [-0.39, 0.29) is 6.04 Å². The average Bonchev–Trinajstić information content (AvgIpc) is 2.55. The smallest absolute Gasteiger partial charge is 0.146 e. The summed E-state index contributed by atoms with van der Waals surface area (Å²) in [7, 11) is 0. The lowest BCUT2D eigenvalue weighted by Crippen LogP contribution is -2.04. The van der Waals surface area contributed by atoms with E-state index in [9.17, 15) is 0 Å². The van der Waals surface area contributed by atoms with E-state index in [4.69, 9.17) is 16.9 Å². The van der Waals surface area contributed by atoms with Gasteiger partial charge >= 0.3 is 0 Å². The van der Waals surface area contributed by atoms with E-state index < -0.39 is 0 Å². The Hall–Kier alpha value is -1.53. The number of nitrogens with zero attached hydrogens (tertiary/aromatic N) is 3. The van der Waals surface area contributed by atoms with Crippen LogP contribution in [0.3, 0.4) is 0 Å². The van der Waals surface area contributed by atoms with Crippen LogP contribution >= 0.6 is 11.6 Å². The van der Waals surface area contributed by atoms with Gasteiger partial charge in [0.05, 0.1) is 5.52 Å². The van der Waals surface area contributed by atoms with Gasteiger partial charge < -0.3 is 0 Å². The first-order chi connectivity index (χ1) is 7.13. The van der Waals surface area contributed by atoms with E-state index in [0.29, 0.717) is 10.7 Å². The van der Waals surface area contributed by atoms with Crippen LogP contribution in [0, 0.1) is 11.3 Å². The summed E-state index contributed by atoms with van der Waals surface area (Å²) in [5, 5.41) is 14.9. The van der Waals surface area contributed by atoms with Crippen LogP contribution in [0.2, 0.25) is 5.02 Å². The van der Waals surface area contributed by atoms with Crippen LogP contribution in [-0.2, 0) is 0 Å². The molecule has 0 bridgehead atoms. The first-order valence-corrected chi connectivity index (χ1v) is 5.09. The molecule has 1 aromatic carbocycles. The molecule has 0 N–H and O–H groups in total. The number of hydrogen-bond acceptors (Lipinski definition) is 2. The molecule has 0 unspecified atom stereocenters. The van der Waals surface area contributed by atoms with Gasteiger partial charge in [-0.25, -0.2) is 0 Å². The lowest BCUT2D eigenvalue weighted by atomic mass is 10.2. The second kappa shape index (κ2) is 3.56. The first kappa shape index (κ1) is 10.0. The number of halogens is 1. The molecule has 0 aliphatic heterocycles. The van der Waals surface area contributed by atoms with Crippen molar-refractivity contribution in [1.29, 1.82) is 5.26 Å². The summed E-state index contributed by atoms with van der Waals surface area (Å²) in [5.74, 6) is 0. The number of nitriles is 1. The molecule has 4 heteroatoms. The molecular weight excluding hydrogens is 210 g/mol. The van der Waals surface area contributed by atoms with Crippen molar-refractivity contribution in [1.82, 2.24) is 9.78 Å². The third-order valence-electron chi connectivity index (χ3n) is 2.25. The van der Waals surface area contributed by atoms with Gasteiger partial charge in [-0.2, -0.15) is 10.4 Å². The Kier molecular flexibility index (Phi) is 2.37. The largest absolute Gasteiger partial charge is 0.251 e. The van der Waals surface area contributed by atoms with Gasteiger partial charge in [0, 0.05) is 16.5 Å². The molecule has 1 aromatic heterocycles. The highest BCUT2D eigenvalue weighted by atomic mass is 35.5. The highest BCUT2D eigenvalue weighted by Crippen LogP contribution is 2.23. The molecule has 0 aliphatic rings. The number of hydrogen-bond donors (Lipinski definition) is 0. The molecule has 0 amide bonds. The maximum atomic E-state index is 9.08. The van der Waals surface area contributed by atoms with Gasteiger partial charge in [-0.15, -0.1) is 0 Å². The van der Waals surface area contributed by atoms with Crippen molar-refractivity contribution < 1.29 is 0 Å². The zero-order valence-corrected chi connectivity index (χ0v) is 9.28. The highest BCUT2D eigenvalue weighted by molar-refractivity contribution is 6.31. The third kappa shape index (κ3) is 1.57. The minimum atomic E-state index is 0.172. The van der Waals surface area contributed by atoms with E-state index in [1.807, 2.05) is 19.9 Å². The van der Waals surface area contributed by atoms with Crippen molar-refractivity contribution in [2.45, 2.75) is 19.9 Å². The summed E-state index contributed by atoms with van der Waals surface area (Å²) in [6.45, 7) is 3.99. The number of benzene rings is 1. The molecule has 0 saturated heterocycles. The van der Waals surface area contributed by atoms with E-state index in [1.165, 1.54) is 0 Å². The molecule has 2 aromatic rings. The molecule has 0 aliphatic carbocycles. The van der Waals surface area contributed by atoms with Crippen molar-refractivity contribution in [3.63, 3.8) is 0 Å². The number of rotatable bonds is 1. The third-order valence-corrected chi connectivity index (χ3v) is 2.49. The Morgan fingerprint density at radius 2 is 2.20 bits per heavy atom. The van der Waals surface area contributed by atoms with Crippen molar-refractivity contribution >= 4 is 22.5 Å². The standard InChI is InChI=1S/C11H10ClN3/c1-7(2)15-11(6-13)9-4-3-8(12)5-10(9)14-15/h3-5,7H,1-2H3. The summed E-state index contributed by atoms with van der Waals surface area (Å²) in [6, 6.07) is 7.73. The van der Waals surface area contributed by atoms with Crippen LogP contribution in [0.25, 0.3) is 10.9 Å². The van der Waals surface area contributed by atoms with E-state index in [1.54, 1.807) is 16.8 Å². The Morgan fingerprint density at radius 1 is 1.47 bits per heavy atom. The van der Waals surface area contributed by atoms with E-state index in [0.717, 1.165) is 10.9 Å². The molecule has 0 spiro atoms. The zero-order chi connectivity index (χ0) is 11.0. The molecular formula is C11H10ClN3. The van der Waals surface area contributed by atoms with Gasteiger partial charge in [0.2, 0.25) is 0 Å². The summed E-state index contributed by atoms with van der Waals surface area (Å²) in [5.41, 5.74) is 1.37. The van der Waals surface area contributed by atoms with Crippen molar-refractivity contribution in [3.8, 4) is 6.07 Å². The Labute approximate surface area is 92.9 Å². The quantitative estimate of drug-likeness (QED) is 0.740. The van der Waals surface area contributed by atoms with Crippen molar-refractivity contribution in [2.24, 2.45) is 0 Å². The second-order valence-electron chi connectivity index (χ2n) is 3.66. The lowest BCUT2D eigenvalue weighted by Gasteiger charge is -2.05. The van der Waals surface area contributed by atoms with E-state index in [2.05, 4.69) is 11.2 Å². The van der Waals surface area contributed by atoms with Crippen LogP contribution in [0.15, 0.2) is 18.2 Å². The maximum Gasteiger partial charge on any atom is 0.146 e. The van der Waals surface area contributed by atoms with E-state index >= 15 is 0 Å². The van der Waals surface area contributed by atoms with Crippen LogP contribution in [-0.4, -0.2) is 9.78 Å². The van der Waals surface area contributed by atoms with Gasteiger partial charge in [-0.1, -0.05) is 11.6 Å². The van der Waals surface area contributed by atoms with Gasteiger partial charge in [0.15, 0.2) is 0 Å². The minimum absolute atomic E-state index is 0.172. The Bertz CT molecular complexity index is 549. The fourth-order valence-electron chi connectivity index (χ4n) is 1.56. The molecule has 0 atom stereocenters. The second-order valence-corrected chi connectivity index (χ2v) is 4.10. The van der Waals surface area contributed by atoms with Gasteiger partial charge in [0.25, 0.3) is 0 Å². The number of aromatic nitrogens is 2. The van der Waals surface area contributed by atoms with Crippen molar-refractivity contribution in [3.05, 3.63) is 28.9 Å². The molecule has 0 radical (unpaired) electrons. The zero-order valence-electron chi connectivity index (χ0n) is 8.53. The SMILES string of the molecule is CC(C)n1nc2cc(Cl)ccc2c1C#N. The average molecular weight is 220 g/mol. The molecule has 0 saturated carbocycles. The normalized spacial score (nSPS) is 10.9. The Balaban J connectivity index is 2.80. The minimum Gasteiger partial charge on any atom is -0.251 e. The molecule has 0 fully saturated rings. The topological polar surface area (TPSA) is 41.6 Å². The molecule has 1 heterocycles. The predicted octanol–water partition coefficient (Wildman–Crippen LogP) is 3.14. The van der Waals surface area contributed by atoms with Crippen LogP contribution in [0.5, 0.6) is 0 Å². The summed E-state index contributed by atoms with van der Waals surface area (Å²) < 4.78 is 1.72. The van der Waals surface area contributed by atoms with Crippen molar-refractivity contribution in [2.75, 3.05) is 0 Å². The molecule has 76 valence electrons. The van der Waals surface area contributed by atoms with Crippen LogP contribution in [0.1, 0.15) is 25.6 Å². The molecule has 15 heavy (non-hydrogen) atoms. The van der Waals surface area contributed by atoms with Gasteiger partial charge in [-0.3, -0.25) is 4.68 Å². The summed E-state index contributed by atoms with van der Waals surface area (Å²) in [4.78, 5) is 0. The van der Waals surface area contributed by atoms with Crippen LogP contribution in [0.4, 0.5) is 0 Å². The monoisotopic (exact) mass is 219 g/mol. The fraction of sp³-hybridized carbons (Fsp3) is 0.273. The highest BCUT2D eigenvalue weighted by Gasteiger charge is 2.12. The predicted molar refractivity (Wildman–Crippen MR) is 59.8 cm³/mol. The Morgan fingerprint density at radius 3 is 2.80 bits per heavy atom. The maximum absolute atomic E-state index is 9.08. The van der Waals surface area contributed by atoms with Gasteiger partial charge in [0.1, 0.15) is 11.8 Å². The molecule has 3 nitrogen and oxygen atoms in total.